The lowest BCUT2D eigenvalue weighted by atomic mass is 10.2. The smallest absolute Gasteiger partial charge is 0.243 e. The van der Waals surface area contributed by atoms with E-state index in [1.165, 1.54) is 0 Å². The molecule has 0 spiro atoms. The van der Waals surface area contributed by atoms with Crippen LogP contribution < -0.4 is 15.5 Å². The number of amides is 1. The molecule has 6 nitrogen and oxygen atoms in total. The van der Waals surface area contributed by atoms with E-state index in [1.54, 1.807) is 12.3 Å². The molecule has 30 heavy (non-hydrogen) atoms. The predicted octanol–water partition coefficient (Wildman–Crippen LogP) is 4.81. The van der Waals surface area contributed by atoms with Crippen LogP contribution in [0.2, 0.25) is 10.0 Å². The van der Waals surface area contributed by atoms with Crippen molar-refractivity contribution in [3.63, 3.8) is 0 Å². The number of anilines is 3. The third-order valence-electron chi connectivity index (χ3n) is 4.95. The van der Waals surface area contributed by atoms with Gasteiger partial charge in [0.2, 0.25) is 11.9 Å². The number of hydrogen-bond donors (Lipinski definition) is 2. The second kappa shape index (κ2) is 9.32. The van der Waals surface area contributed by atoms with Crippen LogP contribution in [-0.4, -0.2) is 28.5 Å². The monoisotopic (exact) mass is 441 g/mol. The van der Waals surface area contributed by atoms with Gasteiger partial charge in [0.15, 0.2) is 0 Å². The van der Waals surface area contributed by atoms with E-state index in [4.69, 9.17) is 23.2 Å². The van der Waals surface area contributed by atoms with Crippen LogP contribution in [0, 0.1) is 0 Å². The summed E-state index contributed by atoms with van der Waals surface area (Å²) in [4.78, 5) is 23.8. The van der Waals surface area contributed by atoms with Crippen LogP contribution in [0.3, 0.4) is 0 Å². The number of halogens is 2. The molecule has 1 saturated heterocycles. The molecule has 0 saturated carbocycles. The molecule has 0 radical (unpaired) electrons. The van der Waals surface area contributed by atoms with E-state index < -0.39 is 0 Å². The summed E-state index contributed by atoms with van der Waals surface area (Å²) in [5.74, 6) is 1.10. The molecule has 1 aliphatic heterocycles. The topological polar surface area (TPSA) is 70.2 Å². The van der Waals surface area contributed by atoms with Gasteiger partial charge in [0.1, 0.15) is 11.9 Å². The summed E-state index contributed by atoms with van der Waals surface area (Å²) < 4.78 is 0. The van der Waals surface area contributed by atoms with Gasteiger partial charge in [0.25, 0.3) is 0 Å². The number of benzene rings is 2. The maximum Gasteiger partial charge on any atom is 0.243 e. The Morgan fingerprint density at radius 1 is 1.13 bits per heavy atom. The Kier molecular flexibility index (Phi) is 6.35. The van der Waals surface area contributed by atoms with Gasteiger partial charge >= 0.3 is 0 Å². The summed E-state index contributed by atoms with van der Waals surface area (Å²) in [6, 6.07) is 16.4. The van der Waals surface area contributed by atoms with Crippen molar-refractivity contribution in [2.24, 2.45) is 0 Å². The van der Waals surface area contributed by atoms with E-state index in [2.05, 4.69) is 20.6 Å². The molecule has 154 valence electrons. The van der Waals surface area contributed by atoms with Crippen molar-refractivity contribution in [2.75, 3.05) is 16.8 Å². The lowest BCUT2D eigenvalue weighted by Crippen LogP contribution is -2.43. The zero-order valence-corrected chi connectivity index (χ0v) is 17.7. The van der Waals surface area contributed by atoms with Crippen LogP contribution in [0.4, 0.5) is 17.5 Å². The predicted molar refractivity (Wildman–Crippen MR) is 120 cm³/mol. The molecule has 2 N–H and O–H groups in total. The van der Waals surface area contributed by atoms with Gasteiger partial charge in [-0.05, 0) is 48.7 Å². The first kappa shape index (κ1) is 20.4. The van der Waals surface area contributed by atoms with Crippen molar-refractivity contribution >= 4 is 46.6 Å². The zero-order chi connectivity index (χ0) is 20.9. The van der Waals surface area contributed by atoms with Crippen molar-refractivity contribution < 1.29 is 4.79 Å². The molecule has 3 aromatic rings. The largest absolute Gasteiger partial charge is 0.350 e. The van der Waals surface area contributed by atoms with Crippen molar-refractivity contribution in [3.05, 3.63) is 76.4 Å². The Morgan fingerprint density at radius 3 is 2.83 bits per heavy atom. The molecule has 2 heterocycles. The van der Waals surface area contributed by atoms with E-state index in [1.807, 2.05) is 53.4 Å². The maximum atomic E-state index is 12.8. The van der Waals surface area contributed by atoms with Crippen LogP contribution >= 0.6 is 23.2 Å². The number of aromatic nitrogens is 2. The number of rotatable bonds is 6. The first-order valence-electron chi connectivity index (χ1n) is 9.73. The fourth-order valence-electron chi connectivity index (χ4n) is 3.49. The highest BCUT2D eigenvalue weighted by atomic mass is 35.5. The lowest BCUT2D eigenvalue weighted by molar-refractivity contribution is -0.122. The first-order chi connectivity index (χ1) is 14.6. The fraction of sp³-hybridized carbons (Fsp3) is 0.227. The minimum Gasteiger partial charge on any atom is -0.350 e. The van der Waals surface area contributed by atoms with Gasteiger partial charge in [-0.25, -0.2) is 4.98 Å². The van der Waals surface area contributed by atoms with Crippen molar-refractivity contribution in [1.29, 1.82) is 0 Å². The molecule has 1 aromatic heterocycles. The second-order valence-electron chi connectivity index (χ2n) is 7.05. The SMILES string of the molecule is O=C(NCc1cccc(Cl)c1)[C@@H]1CCCN1c1nccc(Nc2ccccc2Cl)n1. The van der Waals surface area contributed by atoms with Gasteiger partial charge in [0, 0.05) is 24.3 Å². The lowest BCUT2D eigenvalue weighted by Gasteiger charge is -2.24. The van der Waals surface area contributed by atoms with E-state index in [0.29, 0.717) is 28.4 Å². The standard InChI is InChI=1S/C22H21Cl2N5O/c23-16-6-3-5-15(13-16)14-26-21(30)19-9-4-12-29(19)22-25-11-10-20(28-22)27-18-8-2-1-7-17(18)24/h1-3,5-8,10-11,13,19H,4,9,12,14H2,(H,26,30)(H,25,27,28)/t19-/m0/s1. The molecular weight excluding hydrogens is 421 g/mol. The van der Waals surface area contributed by atoms with Gasteiger partial charge in [-0.1, -0.05) is 47.5 Å². The summed E-state index contributed by atoms with van der Waals surface area (Å²) in [5, 5.41) is 7.47. The van der Waals surface area contributed by atoms with Gasteiger partial charge < -0.3 is 15.5 Å². The summed E-state index contributed by atoms with van der Waals surface area (Å²) in [6.07, 6.45) is 3.34. The first-order valence-corrected chi connectivity index (χ1v) is 10.5. The molecule has 1 atom stereocenters. The minimum atomic E-state index is -0.306. The zero-order valence-electron chi connectivity index (χ0n) is 16.2. The molecule has 0 unspecified atom stereocenters. The van der Waals surface area contributed by atoms with Crippen LogP contribution in [0.1, 0.15) is 18.4 Å². The summed E-state index contributed by atoms with van der Waals surface area (Å²) >= 11 is 12.2. The van der Waals surface area contributed by atoms with E-state index in [0.717, 1.165) is 30.6 Å². The molecule has 0 aliphatic carbocycles. The van der Waals surface area contributed by atoms with Crippen LogP contribution in [-0.2, 0) is 11.3 Å². The average Bonchev–Trinajstić information content (AvgIpc) is 3.24. The minimum absolute atomic E-state index is 0.0412. The molecular formula is C22H21Cl2N5O. The Bertz CT molecular complexity index is 1050. The quantitative estimate of drug-likeness (QED) is 0.573. The summed E-state index contributed by atoms with van der Waals surface area (Å²) in [6.45, 7) is 1.16. The van der Waals surface area contributed by atoms with Gasteiger partial charge in [-0.15, -0.1) is 0 Å². The highest BCUT2D eigenvalue weighted by Crippen LogP contribution is 2.27. The van der Waals surface area contributed by atoms with Crippen LogP contribution in [0.5, 0.6) is 0 Å². The number of nitrogens with one attached hydrogen (secondary N) is 2. The Hall–Kier alpha value is -2.83. The Labute approximate surface area is 185 Å². The highest BCUT2D eigenvalue weighted by Gasteiger charge is 2.32. The fourth-order valence-corrected chi connectivity index (χ4v) is 3.89. The molecule has 0 bridgehead atoms. The average molecular weight is 442 g/mol. The van der Waals surface area contributed by atoms with Gasteiger partial charge in [0.05, 0.1) is 10.7 Å². The second-order valence-corrected chi connectivity index (χ2v) is 7.89. The van der Waals surface area contributed by atoms with E-state index in [-0.39, 0.29) is 11.9 Å². The normalized spacial score (nSPS) is 15.8. The van der Waals surface area contributed by atoms with Crippen molar-refractivity contribution in [2.45, 2.75) is 25.4 Å². The molecule has 2 aromatic carbocycles. The molecule has 4 rings (SSSR count). The number of nitrogens with zero attached hydrogens (tertiary/aromatic N) is 3. The summed E-state index contributed by atoms with van der Waals surface area (Å²) in [7, 11) is 0. The summed E-state index contributed by atoms with van der Waals surface area (Å²) in [5.41, 5.74) is 1.73. The molecule has 1 amide bonds. The van der Waals surface area contributed by atoms with Crippen LogP contribution in [0.25, 0.3) is 0 Å². The molecule has 1 aliphatic rings. The molecule has 8 heteroatoms. The Balaban J connectivity index is 1.45. The van der Waals surface area contributed by atoms with Crippen LogP contribution in [0.15, 0.2) is 60.8 Å². The van der Waals surface area contributed by atoms with E-state index >= 15 is 0 Å². The Morgan fingerprint density at radius 2 is 2.00 bits per heavy atom. The number of carbonyl (C=O) groups excluding carboxylic acids is 1. The third-order valence-corrected chi connectivity index (χ3v) is 5.51. The number of hydrogen-bond acceptors (Lipinski definition) is 5. The van der Waals surface area contributed by atoms with Crippen molar-refractivity contribution in [3.8, 4) is 0 Å². The van der Waals surface area contributed by atoms with Gasteiger partial charge in [-0.2, -0.15) is 4.98 Å². The number of carbonyl (C=O) groups is 1. The highest BCUT2D eigenvalue weighted by molar-refractivity contribution is 6.33. The molecule has 1 fully saturated rings. The third kappa shape index (κ3) is 4.83. The van der Waals surface area contributed by atoms with Crippen molar-refractivity contribution in [1.82, 2.24) is 15.3 Å². The number of para-hydroxylation sites is 1. The van der Waals surface area contributed by atoms with E-state index in [9.17, 15) is 4.79 Å². The van der Waals surface area contributed by atoms with Gasteiger partial charge in [-0.3, -0.25) is 4.79 Å². The maximum absolute atomic E-state index is 12.8.